The SMILES string of the molecule is Cc1ccc2nc(COC(=O)C(O)(c3ccccc3)c3ccccc3)cc(=O)n2c1. The number of carbonyl (C=O) groups excluding carboxylic acids is 1. The Morgan fingerprint density at radius 3 is 2.20 bits per heavy atom. The molecule has 6 heteroatoms. The third-order valence-electron chi connectivity index (χ3n) is 4.89. The molecule has 0 aliphatic carbocycles. The molecule has 0 amide bonds. The number of carbonyl (C=O) groups is 1. The van der Waals surface area contributed by atoms with E-state index in [1.807, 2.05) is 13.0 Å². The largest absolute Gasteiger partial charge is 0.457 e. The molecule has 0 saturated heterocycles. The highest BCUT2D eigenvalue weighted by molar-refractivity contribution is 5.85. The number of benzene rings is 2. The van der Waals surface area contributed by atoms with Crippen molar-refractivity contribution in [3.8, 4) is 0 Å². The minimum Gasteiger partial charge on any atom is -0.457 e. The monoisotopic (exact) mass is 400 g/mol. The summed E-state index contributed by atoms with van der Waals surface area (Å²) in [6, 6.07) is 22.1. The van der Waals surface area contributed by atoms with Crippen LogP contribution in [0.5, 0.6) is 0 Å². The van der Waals surface area contributed by atoms with Crippen LogP contribution >= 0.6 is 0 Å². The fourth-order valence-corrected chi connectivity index (χ4v) is 3.34. The zero-order chi connectivity index (χ0) is 21.1. The van der Waals surface area contributed by atoms with Crippen molar-refractivity contribution in [2.45, 2.75) is 19.1 Å². The van der Waals surface area contributed by atoms with Crippen LogP contribution in [0.3, 0.4) is 0 Å². The molecule has 4 aromatic rings. The van der Waals surface area contributed by atoms with E-state index in [4.69, 9.17) is 4.74 Å². The van der Waals surface area contributed by atoms with Gasteiger partial charge in [0.25, 0.3) is 5.56 Å². The number of esters is 1. The highest BCUT2D eigenvalue weighted by Gasteiger charge is 2.41. The lowest BCUT2D eigenvalue weighted by molar-refractivity contribution is -0.163. The molecule has 4 rings (SSSR count). The summed E-state index contributed by atoms with van der Waals surface area (Å²) in [6.45, 7) is 1.65. The molecule has 150 valence electrons. The second-order valence-corrected chi connectivity index (χ2v) is 7.04. The predicted octanol–water partition coefficient (Wildman–Crippen LogP) is 2.98. The minimum atomic E-state index is -1.98. The molecule has 0 bridgehead atoms. The van der Waals surface area contributed by atoms with Crippen molar-refractivity contribution in [3.05, 3.63) is 118 Å². The molecule has 0 aliphatic heterocycles. The predicted molar refractivity (Wildman–Crippen MR) is 112 cm³/mol. The van der Waals surface area contributed by atoms with Crippen molar-refractivity contribution in [3.63, 3.8) is 0 Å². The van der Waals surface area contributed by atoms with Crippen LogP contribution in [-0.4, -0.2) is 20.5 Å². The Morgan fingerprint density at radius 2 is 1.60 bits per heavy atom. The number of hydrogen-bond donors (Lipinski definition) is 1. The van der Waals surface area contributed by atoms with Gasteiger partial charge in [-0.3, -0.25) is 9.20 Å². The summed E-state index contributed by atoms with van der Waals surface area (Å²) >= 11 is 0. The number of aryl methyl sites for hydroxylation is 1. The Balaban J connectivity index is 1.65. The highest BCUT2D eigenvalue weighted by atomic mass is 16.5. The van der Waals surface area contributed by atoms with E-state index in [9.17, 15) is 14.7 Å². The number of fused-ring (bicyclic) bond motifs is 1. The normalized spacial score (nSPS) is 11.4. The molecule has 2 aromatic carbocycles. The number of aliphatic hydroxyl groups is 1. The average molecular weight is 400 g/mol. The molecule has 2 heterocycles. The van der Waals surface area contributed by atoms with Gasteiger partial charge >= 0.3 is 5.97 Å². The second-order valence-electron chi connectivity index (χ2n) is 7.04. The van der Waals surface area contributed by atoms with Crippen molar-refractivity contribution < 1.29 is 14.6 Å². The van der Waals surface area contributed by atoms with E-state index >= 15 is 0 Å². The first-order valence-electron chi connectivity index (χ1n) is 9.48. The standard InChI is InChI=1S/C24H20N2O4/c1-17-12-13-21-25-20(14-22(27)26(21)15-17)16-30-23(28)24(29,18-8-4-2-5-9-18)19-10-6-3-7-11-19/h2-15,29H,16H2,1H3. The molecule has 1 N–H and O–H groups in total. The van der Waals surface area contributed by atoms with Gasteiger partial charge in [-0.1, -0.05) is 66.7 Å². The maximum absolute atomic E-state index is 13.0. The van der Waals surface area contributed by atoms with Crippen LogP contribution in [0.4, 0.5) is 0 Å². The third-order valence-corrected chi connectivity index (χ3v) is 4.89. The number of rotatable bonds is 5. The van der Waals surface area contributed by atoms with Gasteiger partial charge in [0.15, 0.2) is 0 Å². The zero-order valence-corrected chi connectivity index (χ0v) is 16.4. The molecular formula is C24H20N2O4. The maximum Gasteiger partial charge on any atom is 0.348 e. The highest BCUT2D eigenvalue weighted by Crippen LogP contribution is 2.31. The number of pyridine rings is 1. The van der Waals surface area contributed by atoms with Crippen LogP contribution in [0, 0.1) is 6.92 Å². The third kappa shape index (κ3) is 3.60. The first kappa shape index (κ1) is 19.5. The van der Waals surface area contributed by atoms with Crippen molar-refractivity contribution in [1.29, 1.82) is 0 Å². The molecule has 2 aromatic heterocycles. The van der Waals surface area contributed by atoms with Gasteiger partial charge in [-0.05, 0) is 29.7 Å². The van der Waals surface area contributed by atoms with Crippen molar-refractivity contribution >= 4 is 11.6 Å². The second kappa shape index (κ2) is 7.93. The zero-order valence-electron chi connectivity index (χ0n) is 16.4. The van der Waals surface area contributed by atoms with Crippen molar-refractivity contribution in [1.82, 2.24) is 9.38 Å². The Morgan fingerprint density at radius 1 is 1.00 bits per heavy atom. The van der Waals surface area contributed by atoms with Crippen LogP contribution in [0.25, 0.3) is 5.65 Å². The van der Waals surface area contributed by atoms with Crippen molar-refractivity contribution in [2.75, 3.05) is 0 Å². The molecule has 0 saturated carbocycles. The summed E-state index contributed by atoms with van der Waals surface area (Å²) in [5.74, 6) is -0.842. The summed E-state index contributed by atoms with van der Waals surface area (Å²) in [7, 11) is 0. The Bertz CT molecular complexity index is 1210. The number of ether oxygens (including phenoxy) is 1. The summed E-state index contributed by atoms with van der Waals surface area (Å²) in [6.07, 6.45) is 1.70. The van der Waals surface area contributed by atoms with E-state index in [0.717, 1.165) is 5.56 Å². The van der Waals surface area contributed by atoms with Crippen LogP contribution < -0.4 is 5.56 Å². The van der Waals surface area contributed by atoms with E-state index in [1.54, 1.807) is 72.9 Å². The van der Waals surface area contributed by atoms with E-state index in [1.165, 1.54) is 10.5 Å². The van der Waals surface area contributed by atoms with Gasteiger partial charge in [0.2, 0.25) is 5.60 Å². The smallest absolute Gasteiger partial charge is 0.348 e. The number of nitrogens with zero attached hydrogens (tertiary/aromatic N) is 2. The lowest BCUT2D eigenvalue weighted by Gasteiger charge is -2.27. The lowest BCUT2D eigenvalue weighted by Crippen LogP contribution is -2.38. The van der Waals surface area contributed by atoms with E-state index < -0.39 is 11.6 Å². The van der Waals surface area contributed by atoms with Gasteiger partial charge in [0.05, 0.1) is 5.69 Å². The molecule has 0 spiro atoms. The van der Waals surface area contributed by atoms with Crippen LogP contribution in [-0.2, 0) is 21.7 Å². The Kier molecular flexibility index (Phi) is 5.16. The van der Waals surface area contributed by atoms with Gasteiger partial charge in [0.1, 0.15) is 12.3 Å². The van der Waals surface area contributed by atoms with Crippen molar-refractivity contribution in [2.24, 2.45) is 0 Å². The average Bonchev–Trinajstić information content (AvgIpc) is 2.78. The molecular weight excluding hydrogens is 380 g/mol. The quantitative estimate of drug-likeness (QED) is 0.521. The molecule has 0 fully saturated rings. The fourth-order valence-electron chi connectivity index (χ4n) is 3.34. The Labute approximate surface area is 173 Å². The molecule has 0 aliphatic rings. The summed E-state index contributed by atoms with van der Waals surface area (Å²) in [4.78, 5) is 29.8. The lowest BCUT2D eigenvalue weighted by atomic mass is 9.86. The van der Waals surface area contributed by atoms with E-state index in [0.29, 0.717) is 22.5 Å². The molecule has 0 atom stereocenters. The maximum atomic E-state index is 13.0. The molecule has 30 heavy (non-hydrogen) atoms. The fraction of sp³-hybridized carbons (Fsp3) is 0.125. The van der Waals surface area contributed by atoms with Gasteiger partial charge in [-0.2, -0.15) is 0 Å². The molecule has 6 nitrogen and oxygen atoms in total. The van der Waals surface area contributed by atoms with Gasteiger partial charge < -0.3 is 9.84 Å². The van der Waals surface area contributed by atoms with Crippen LogP contribution in [0.2, 0.25) is 0 Å². The number of aromatic nitrogens is 2. The van der Waals surface area contributed by atoms with Crippen LogP contribution in [0.15, 0.2) is 89.9 Å². The minimum absolute atomic E-state index is 0.236. The first-order valence-corrected chi connectivity index (χ1v) is 9.48. The Hall–Kier alpha value is -3.77. The molecule has 0 radical (unpaired) electrons. The van der Waals surface area contributed by atoms with Crippen LogP contribution in [0.1, 0.15) is 22.4 Å². The summed E-state index contributed by atoms with van der Waals surface area (Å²) in [5, 5.41) is 11.4. The summed E-state index contributed by atoms with van der Waals surface area (Å²) in [5.41, 5.74) is 0.232. The first-order chi connectivity index (χ1) is 14.5. The van der Waals surface area contributed by atoms with E-state index in [2.05, 4.69) is 4.98 Å². The topological polar surface area (TPSA) is 80.9 Å². The van der Waals surface area contributed by atoms with Gasteiger partial charge in [0, 0.05) is 12.3 Å². The number of hydrogen-bond acceptors (Lipinski definition) is 5. The van der Waals surface area contributed by atoms with Gasteiger partial charge in [-0.15, -0.1) is 0 Å². The van der Waals surface area contributed by atoms with Gasteiger partial charge in [-0.25, -0.2) is 9.78 Å². The van der Waals surface area contributed by atoms with E-state index in [-0.39, 0.29) is 12.2 Å². The molecule has 0 unspecified atom stereocenters. The summed E-state index contributed by atoms with van der Waals surface area (Å²) < 4.78 is 6.87.